The maximum Gasteiger partial charge on any atom is 0.261 e. The lowest BCUT2D eigenvalue weighted by Crippen LogP contribution is -2.27. The fourth-order valence-corrected chi connectivity index (χ4v) is 3.58. The molecule has 0 spiro atoms. The number of rotatable bonds is 6. The van der Waals surface area contributed by atoms with Gasteiger partial charge in [0.1, 0.15) is 0 Å². The lowest BCUT2D eigenvalue weighted by atomic mass is 10.1. The van der Waals surface area contributed by atoms with Gasteiger partial charge in [-0.2, -0.15) is 23.5 Å². The first-order chi connectivity index (χ1) is 11.5. The molecule has 6 nitrogen and oxygen atoms in total. The minimum Gasteiger partial charge on any atom is -0.274 e. The van der Waals surface area contributed by atoms with Gasteiger partial charge in [0.05, 0.1) is 21.5 Å². The van der Waals surface area contributed by atoms with E-state index in [2.05, 4.69) is 0 Å². The topological polar surface area (TPSA) is 78.1 Å². The Morgan fingerprint density at radius 1 is 0.667 bits per heavy atom. The van der Waals surface area contributed by atoms with Crippen LogP contribution in [0.15, 0.2) is 31.3 Å². The predicted molar refractivity (Wildman–Crippen MR) is 102 cm³/mol. The molecule has 3 rings (SSSR count). The van der Waals surface area contributed by atoms with Crippen LogP contribution in [-0.4, -0.2) is 33.2 Å². The van der Waals surface area contributed by atoms with Crippen molar-refractivity contribution in [3.63, 3.8) is 0 Å². The molecule has 0 aliphatic rings. The summed E-state index contributed by atoms with van der Waals surface area (Å²) in [5.74, 6) is 1.29. The number of aromatic nitrogens is 2. The molecule has 1 aromatic carbocycles. The van der Waals surface area contributed by atoms with E-state index in [1.54, 1.807) is 0 Å². The second-order valence-electron chi connectivity index (χ2n) is 5.45. The van der Waals surface area contributed by atoms with Gasteiger partial charge in [0.25, 0.3) is 22.2 Å². The van der Waals surface area contributed by atoms with Crippen LogP contribution in [0.5, 0.6) is 0 Å². The third-order valence-corrected chi connectivity index (χ3v) is 5.28. The van der Waals surface area contributed by atoms with Crippen LogP contribution in [0.1, 0.15) is 0 Å². The molecule has 0 saturated carbocycles. The molecule has 2 heterocycles. The minimum absolute atomic E-state index is 0.215. The third-order valence-electron chi connectivity index (χ3n) is 4.10. The van der Waals surface area contributed by atoms with E-state index in [1.807, 2.05) is 12.5 Å². The quantitative estimate of drug-likeness (QED) is 0.639. The summed E-state index contributed by atoms with van der Waals surface area (Å²) in [5.41, 5.74) is -1.58. The first-order valence-corrected chi connectivity index (χ1v) is 10.2. The average molecular weight is 364 g/mol. The lowest BCUT2D eigenvalue weighted by molar-refractivity contribution is 0.729. The molecule has 0 unspecified atom stereocenters. The number of hydrogen-bond donors (Lipinski definition) is 0. The smallest absolute Gasteiger partial charge is 0.261 e. The number of thioether (sulfide) groups is 2. The summed E-state index contributed by atoms with van der Waals surface area (Å²) in [6.07, 6.45) is 3.79. The van der Waals surface area contributed by atoms with E-state index in [4.69, 9.17) is 0 Å². The van der Waals surface area contributed by atoms with Crippen molar-refractivity contribution in [1.82, 2.24) is 9.13 Å². The van der Waals surface area contributed by atoms with Crippen LogP contribution in [-0.2, 0) is 13.1 Å². The Morgan fingerprint density at radius 2 is 0.958 bits per heavy atom. The number of hydrogen-bond acceptors (Lipinski definition) is 6. The van der Waals surface area contributed by atoms with Crippen LogP contribution in [0.2, 0.25) is 0 Å². The van der Waals surface area contributed by atoms with E-state index in [0.717, 1.165) is 0 Å². The van der Waals surface area contributed by atoms with Crippen molar-refractivity contribution >= 4 is 45.1 Å². The van der Waals surface area contributed by atoms with Crippen LogP contribution in [0.3, 0.4) is 0 Å². The summed E-state index contributed by atoms with van der Waals surface area (Å²) in [6.45, 7) is 0.639. The molecule has 2 aromatic heterocycles. The molecule has 0 aliphatic heterocycles. The van der Waals surface area contributed by atoms with Gasteiger partial charge in [-0.25, -0.2) is 0 Å². The van der Waals surface area contributed by atoms with Crippen LogP contribution in [0, 0.1) is 0 Å². The zero-order valence-electron chi connectivity index (χ0n) is 13.3. The van der Waals surface area contributed by atoms with E-state index in [9.17, 15) is 19.2 Å². The Balaban J connectivity index is 2.30. The maximum atomic E-state index is 12.4. The highest BCUT2D eigenvalue weighted by molar-refractivity contribution is 7.98. The minimum atomic E-state index is -0.394. The summed E-state index contributed by atoms with van der Waals surface area (Å²) in [4.78, 5) is 49.7. The van der Waals surface area contributed by atoms with E-state index in [0.29, 0.717) is 24.6 Å². The van der Waals surface area contributed by atoms with Crippen molar-refractivity contribution in [3.8, 4) is 0 Å². The molecule has 0 aliphatic carbocycles. The van der Waals surface area contributed by atoms with Crippen LogP contribution < -0.4 is 22.2 Å². The number of benzene rings is 1. The zero-order valence-corrected chi connectivity index (χ0v) is 15.0. The zero-order chi connectivity index (χ0) is 17.4. The SMILES string of the molecule is CSCCn1c(=O)c2cc3c(=O)n(CCSC)c(=O)c3cc2c1=O. The van der Waals surface area contributed by atoms with Gasteiger partial charge in [0.2, 0.25) is 0 Å². The van der Waals surface area contributed by atoms with Gasteiger partial charge in [-0.1, -0.05) is 0 Å². The molecule has 0 bridgehead atoms. The highest BCUT2D eigenvalue weighted by atomic mass is 32.2. The van der Waals surface area contributed by atoms with Crippen molar-refractivity contribution in [2.75, 3.05) is 24.0 Å². The van der Waals surface area contributed by atoms with E-state index in [1.165, 1.54) is 44.8 Å². The molecule has 3 aromatic rings. The molecular formula is C16H16N2O4S2. The summed E-state index contributed by atoms with van der Waals surface area (Å²) in [7, 11) is 0. The number of fused-ring (bicyclic) bond motifs is 2. The van der Waals surface area contributed by atoms with Gasteiger partial charge in [0, 0.05) is 24.6 Å². The van der Waals surface area contributed by atoms with Crippen molar-refractivity contribution in [3.05, 3.63) is 53.5 Å². The van der Waals surface area contributed by atoms with Crippen LogP contribution in [0.4, 0.5) is 0 Å². The fraction of sp³-hybridized carbons (Fsp3) is 0.375. The summed E-state index contributed by atoms with van der Waals surface area (Å²) < 4.78 is 2.35. The first-order valence-electron chi connectivity index (χ1n) is 7.39. The Bertz CT molecular complexity index is 955. The largest absolute Gasteiger partial charge is 0.274 e. The molecule has 0 radical (unpaired) electrons. The molecule has 0 N–H and O–H groups in total. The summed E-state index contributed by atoms with van der Waals surface area (Å²) >= 11 is 3.08. The van der Waals surface area contributed by atoms with Gasteiger partial charge in [-0.3, -0.25) is 28.3 Å². The Labute approximate surface area is 145 Å². The fourth-order valence-electron chi connectivity index (χ4n) is 2.84. The van der Waals surface area contributed by atoms with Crippen LogP contribution >= 0.6 is 23.5 Å². The Morgan fingerprint density at radius 3 is 1.21 bits per heavy atom. The third kappa shape index (κ3) is 2.53. The van der Waals surface area contributed by atoms with Crippen molar-refractivity contribution in [2.45, 2.75) is 13.1 Å². The van der Waals surface area contributed by atoms with Crippen molar-refractivity contribution in [1.29, 1.82) is 0 Å². The normalized spacial score (nSPS) is 11.8. The first kappa shape index (κ1) is 17.0. The Hall–Kier alpha value is -1.80. The highest BCUT2D eigenvalue weighted by Gasteiger charge is 2.19. The van der Waals surface area contributed by atoms with E-state index < -0.39 is 22.2 Å². The summed E-state index contributed by atoms with van der Waals surface area (Å²) in [5, 5.41) is 0.862. The molecule has 24 heavy (non-hydrogen) atoms. The highest BCUT2D eigenvalue weighted by Crippen LogP contribution is 2.14. The molecule has 0 fully saturated rings. The molecule has 0 atom stereocenters. The molecule has 0 amide bonds. The Kier molecular flexibility index (Phi) is 4.69. The second kappa shape index (κ2) is 6.60. The van der Waals surface area contributed by atoms with Crippen LogP contribution in [0.25, 0.3) is 21.5 Å². The standard InChI is InChI=1S/C16H16N2O4S2/c1-23-5-3-17-13(19)9-7-11-12(8-10(9)14(17)20)16(22)18(15(11)21)4-6-24-2/h7-8H,3-6H2,1-2H3. The van der Waals surface area contributed by atoms with Gasteiger partial charge in [0.15, 0.2) is 0 Å². The lowest BCUT2D eigenvalue weighted by Gasteiger charge is -1.96. The van der Waals surface area contributed by atoms with Gasteiger partial charge < -0.3 is 0 Å². The average Bonchev–Trinajstić information content (AvgIpc) is 2.95. The predicted octanol–water partition coefficient (Wildman–Crippen LogP) is 0.638. The van der Waals surface area contributed by atoms with E-state index >= 15 is 0 Å². The van der Waals surface area contributed by atoms with Gasteiger partial charge in [-0.05, 0) is 24.6 Å². The van der Waals surface area contributed by atoms with E-state index in [-0.39, 0.29) is 21.5 Å². The summed E-state index contributed by atoms with van der Waals surface area (Å²) in [6, 6.07) is 2.81. The maximum absolute atomic E-state index is 12.4. The second-order valence-corrected chi connectivity index (χ2v) is 7.42. The van der Waals surface area contributed by atoms with Crippen molar-refractivity contribution < 1.29 is 0 Å². The molecule has 126 valence electrons. The number of nitrogens with zero attached hydrogens (tertiary/aromatic N) is 2. The van der Waals surface area contributed by atoms with Gasteiger partial charge >= 0.3 is 0 Å². The van der Waals surface area contributed by atoms with Gasteiger partial charge in [-0.15, -0.1) is 0 Å². The monoisotopic (exact) mass is 364 g/mol. The molecular weight excluding hydrogens is 348 g/mol. The van der Waals surface area contributed by atoms with Crippen molar-refractivity contribution in [2.24, 2.45) is 0 Å². The molecule has 0 saturated heterocycles. The molecule has 8 heteroatoms.